The fourth-order valence-corrected chi connectivity index (χ4v) is 1.96. The lowest BCUT2D eigenvalue weighted by molar-refractivity contribution is -0.121. The van der Waals surface area contributed by atoms with Crippen LogP contribution >= 0.6 is 0 Å². The fourth-order valence-electron chi connectivity index (χ4n) is 1.96. The van der Waals surface area contributed by atoms with E-state index < -0.39 is 0 Å². The first-order valence-electron chi connectivity index (χ1n) is 7.15. The van der Waals surface area contributed by atoms with Gasteiger partial charge in [-0.1, -0.05) is 44.2 Å². The number of hydrogen-bond acceptors (Lipinski definition) is 2. The van der Waals surface area contributed by atoms with E-state index in [0.29, 0.717) is 24.8 Å². The number of rotatable bonds is 8. The molecule has 0 spiro atoms. The van der Waals surface area contributed by atoms with Crippen LogP contribution in [0.3, 0.4) is 0 Å². The molecule has 0 fully saturated rings. The first-order chi connectivity index (χ1) is 9.13. The summed E-state index contributed by atoms with van der Waals surface area (Å²) in [6.45, 7) is 5.66. The number of carbonyl (C=O) groups is 1. The molecule has 0 aliphatic heterocycles. The molecule has 1 rings (SSSR count). The van der Waals surface area contributed by atoms with Crippen molar-refractivity contribution in [2.24, 2.45) is 11.7 Å². The predicted molar refractivity (Wildman–Crippen MR) is 79.9 cm³/mol. The van der Waals surface area contributed by atoms with Crippen molar-refractivity contribution in [3.63, 3.8) is 0 Å². The summed E-state index contributed by atoms with van der Waals surface area (Å²) in [5, 5.41) is 2.98. The normalized spacial score (nSPS) is 13.8. The Hall–Kier alpha value is -1.35. The third-order valence-corrected chi connectivity index (χ3v) is 3.53. The first kappa shape index (κ1) is 15.7. The van der Waals surface area contributed by atoms with Gasteiger partial charge in [0.15, 0.2) is 0 Å². The predicted octanol–water partition coefficient (Wildman–Crippen LogP) is 2.67. The molecule has 106 valence electrons. The zero-order valence-electron chi connectivity index (χ0n) is 12.1. The molecule has 19 heavy (non-hydrogen) atoms. The topological polar surface area (TPSA) is 55.1 Å². The first-order valence-corrected chi connectivity index (χ1v) is 7.15. The minimum Gasteiger partial charge on any atom is -0.356 e. The highest BCUT2D eigenvalue weighted by Gasteiger charge is 2.07. The van der Waals surface area contributed by atoms with Gasteiger partial charge in [-0.2, -0.15) is 0 Å². The van der Waals surface area contributed by atoms with Crippen molar-refractivity contribution in [1.29, 1.82) is 0 Å². The summed E-state index contributed by atoms with van der Waals surface area (Å²) in [6.07, 6.45) is 2.43. The van der Waals surface area contributed by atoms with E-state index in [1.165, 1.54) is 5.56 Å². The van der Waals surface area contributed by atoms with Crippen LogP contribution < -0.4 is 11.1 Å². The van der Waals surface area contributed by atoms with Crippen LogP contribution in [0.5, 0.6) is 0 Å². The van der Waals surface area contributed by atoms with Crippen LogP contribution in [0.25, 0.3) is 0 Å². The van der Waals surface area contributed by atoms with Crippen LogP contribution in [-0.4, -0.2) is 19.0 Å². The van der Waals surface area contributed by atoms with Gasteiger partial charge in [0, 0.05) is 13.0 Å². The number of hydrogen-bond donors (Lipinski definition) is 2. The van der Waals surface area contributed by atoms with Crippen molar-refractivity contribution in [2.45, 2.75) is 39.0 Å². The third-order valence-electron chi connectivity index (χ3n) is 3.53. The summed E-state index contributed by atoms with van der Waals surface area (Å²) >= 11 is 0. The van der Waals surface area contributed by atoms with Crippen LogP contribution in [0.1, 0.15) is 44.6 Å². The molecule has 1 aromatic rings. The fraction of sp³-hybridized carbons (Fsp3) is 0.562. The molecule has 3 nitrogen and oxygen atoms in total. The van der Waals surface area contributed by atoms with E-state index in [0.717, 1.165) is 19.4 Å². The van der Waals surface area contributed by atoms with Crippen LogP contribution in [0, 0.1) is 5.92 Å². The quantitative estimate of drug-likeness (QED) is 0.757. The Morgan fingerprint density at radius 1 is 1.21 bits per heavy atom. The van der Waals surface area contributed by atoms with E-state index in [1.54, 1.807) is 0 Å². The lowest BCUT2D eigenvalue weighted by Crippen LogP contribution is -2.26. The second kappa shape index (κ2) is 8.70. The van der Waals surface area contributed by atoms with Gasteiger partial charge in [0.1, 0.15) is 0 Å². The van der Waals surface area contributed by atoms with Crippen molar-refractivity contribution >= 4 is 5.91 Å². The minimum absolute atomic E-state index is 0.139. The van der Waals surface area contributed by atoms with E-state index >= 15 is 0 Å². The van der Waals surface area contributed by atoms with Crippen molar-refractivity contribution in [3.05, 3.63) is 35.9 Å². The van der Waals surface area contributed by atoms with Gasteiger partial charge >= 0.3 is 0 Å². The molecule has 0 saturated heterocycles. The molecule has 0 saturated carbocycles. The molecule has 2 atom stereocenters. The van der Waals surface area contributed by atoms with Gasteiger partial charge in [-0.05, 0) is 36.8 Å². The molecule has 2 unspecified atom stereocenters. The summed E-state index contributed by atoms with van der Waals surface area (Å²) in [4.78, 5) is 11.6. The summed E-state index contributed by atoms with van der Waals surface area (Å²) in [5.74, 6) is 1.04. The Bertz CT molecular complexity index is 364. The Kier molecular flexibility index (Phi) is 7.19. The van der Waals surface area contributed by atoms with Gasteiger partial charge in [0.25, 0.3) is 0 Å². The molecule has 0 bridgehead atoms. The van der Waals surface area contributed by atoms with Crippen molar-refractivity contribution in [2.75, 3.05) is 13.1 Å². The van der Waals surface area contributed by atoms with Crippen LogP contribution in [0.2, 0.25) is 0 Å². The average molecular weight is 262 g/mol. The highest BCUT2D eigenvalue weighted by Crippen LogP contribution is 2.17. The molecule has 0 radical (unpaired) electrons. The Morgan fingerprint density at radius 2 is 1.89 bits per heavy atom. The van der Waals surface area contributed by atoms with Gasteiger partial charge in [-0.15, -0.1) is 0 Å². The Labute approximate surface area is 116 Å². The molecule has 0 aliphatic carbocycles. The van der Waals surface area contributed by atoms with E-state index in [1.807, 2.05) is 6.07 Å². The van der Waals surface area contributed by atoms with Crippen LogP contribution in [0.4, 0.5) is 0 Å². The lowest BCUT2D eigenvalue weighted by Gasteiger charge is -2.13. The maximum absolute atomic E-state index is 11.6. The smallest absolute Gasteiger partial charge is 0.220 e. The highest BCUT2D eigenvalue weighted by atomic mass is 16.1. The second-order valence-electron chi connectivity index (χ2n) is 5.33. The molecular weight excluding hydrogens is 236 g/mol. The van der Waals surface area contributed by atoms with E-state index in [9.17, 15) is 4.79 Å². The molecule has 3 heteroatoms. The summed E-state index contributed by atoms with van der Waals surface area (Å²) < 4.78 is 0. The Balaban J connectivity index is 2.18. The maximum Gasteiger partial charge on any atom is 0.220 e. The molecule has 3 N–H and O–H groups in total. The van der Waals surface area contributed by atoms with Gasteiger partial charge in [-0.25, -0.2) is 0 Å². The number of carbonyl (C=O) groups excluding carboxylic acids is 1. The zero-order valence-corrected chi connectivity index (χ0v) is 12.1. The summed E-state index contributed by atoms with van der Waals surface area (Å²) in [6, 6.07) is 10.4. The Morgan fingerprint density at radius 3 is 2.53 bits per heavy atom. The van der Waals surface area contributed by atoms with Gasteiger partial charge < -0.3 is 11.1 Å². The van der Waals surface area contributed by atoms with E-state index in [4.69, 9.17) is 5.73 Å². The molecule has 1 aromatic carbocycles. The number of amides is 1. The summed E-state index contributed by atoms with van der Waals surface area (Å²) in [5.41, 5.74) is 6.86. The number of nitrogens with one attached hydrogen (secondary N) is 1. The molecule has 0 heterocycles. The zero-order chi connectivity index (χ0) is 14.1. The van der Waals surface area contributed by atoms with Crippen molar-refractivity contribution in [3.8, 4) is 0 Å². The number of nitrogens with two attached hydrogens (primary N) is 1. The standard InChI is InChI=1S/C16H26N2O/c1-13(12-17)8-9-16(19)18-11-10-14(2)15-6-4-3-5-7-15/h3-7,13-14H,8-12,17H2,1-2H3,(H,18,19). The van der Waals surface area contributed by atoms with Crippen LogP contribution in [-0.2, 0) is 4.79 Å². The SMILES string of the molecule is CC(CN)CCC(=O)NCCC(C)c1ccccc1. The maximum atomic E-state index is 11.6. The molecule has 0 aliphatic rings. The van der Waals surface area contributed by atoms with Crippen molar-refractivity contribution in [1.82, 2.24) is 5.32 Å². The van der Waals surface area contributed by atoms with Gasteiger partial charge in [0.2, 0.25) is 5.91 Å². The third kappa shape index (κ3) is 6.39. The van der Waals surface area contributed by atoms with Crippen molar-refractivity contribution < 1.29 is 4.79 Å². The van der Waals surface area contributed by atoms with E-state index in [-0.39, 0.29) is 5.91 Å². The lowest BCUT2D eigenvalue weighted by atomic mass is 9.98. The van der Waals surface area contributed by atoms with E-state index in [2.05, 4.69) is 43.4 Å². The highest BCUT2D eigenvalue weighted by molar-refractivity contribution is 5.75. The average Bonchev–Trinajstić information content (AvgIpc) is 2.45. The van der Waals surface area contributed by atoms with Gasteiger partial charge in [0.05, 0.1) is 0 Å². The van der Waals surface area contributed by atoms with Gasteiger partial charge in [-0.3, -0.25) is 4.79 Å². The summed E-state index contributed by atoms with van der Waals surface area (Å²) in [7, 11) is 0. The van der Waals surface area contributed by atoms with Crippen LogP contribution in [0.15, 0.2) is 30.3 Å². The molecular formula is C16H26N2O. The monoisotopic (exact) mass is 262 g/mol. The number of benzene rings is 1. The largest absolute Gasteiger partial charge is 0.356 e. The second-order valence-corrected chi connectivity index (χ2v) is 5.33. The molecule has 0 aromatic heterocycles. The molecule has 1 amide bonds. The minimum atomic E-state index is 0.139.